The predicted molar refractivity (Wildman–Crippen MR) is 108 cm³/mol. The Labute approximate surface area is 168 Å². The second-order valence-corrected chi connectivity index (χ2v) is 8.67. The first-order chi connectivity index (χ1) is 13.5. The average molecular weight is 403 g/mol. The smallest absolute Gasteiger partial charge is 0.274 e. The molecule has 3 heterocycles. The summed E-state index contributed by atoms with van der Waals surface area (Å²) in [6, 6.07) is 3.89. The summed E-state index contributed by atoms with van der Waals surface area (Å²) >= 11 is 1.34. The Bertz CT molecular complexity index is 864. The van der Waals surface area contributed by atoms with Crippen LogP contribution in [-0.2, 0) is 11.8 Å². The van der Waals surface area contributed by atoms with Gasteiger partial charge in [-0.25, -0.2) is 0 Å². The van der Waals surface area contributed by atoms with Crippen LogP contribution in [0.5, 0.6) is 0 Å². The topological polar surface area (TPSA) is 85.1 Å². The Morgan fingerprint density at radius 2 is 1.96 bits per heavy atom. The SMILES string of the molecule is CC1CCN(c2nnc(SCC(=O)NC(=O)c3cccn3C)n2C2CC2)CC1. The molecule has 150 valence electrons. The summed E-state index contributed by atoms with van der Waals surface area (Å²) in [5.74, 6) is 1.11. The van der Waals surface area contributed by atoms with Crippen LogP contribution in [-0.4, -0.2) is 50.0 Å². The van der Waals surface area contributed by atoms with Crippen molar-refractivity contribution in [2.45, 2.75) is 43.8 Å². The standard InChI is InChI=1S/C19H26N6O2S/c1-13-7-10-24(11-8-13)18-21-22-19(25(18)14-5-6-14)28-12-16(26)20-17(27)15-4-3-9-23(15)2/h3-4,9,13-14H,5-8,10-12H2,1-2H3,(H,20,26,27). The number of carbonyl (C=O) groups is 2. The number of nitrogens with zero attached hydrogens (tertiary/aromatic N) is 5. The van der Waals surface area contributed by atoms with Crippen molar-refractivity contribution in [2.24, 2.45) is 13.0 Å². The molecule has 0 bridgehead atoms. The molecule has 0 unspecified atom stereocenters. The zero-order chi connectivity index (χ0) is 19.7. The van der Waals surface area contributed by atoms with Gasteiger partial charge in [-0.1, -0.05) is 18.7 Å². The maximum absolute atomic E-state index is 12.2. The lowest BCUT2D eigenvalue weighted by molar-refractivity contribution is -0.117. The number of amides is 2. The zero-order valence-electron chi connectivity index (χ0n) is 16.3. The van der Waals surface area contributed by atoms with Crippen LogP contribution in [0.15, 0.2) is 23.5 Å². The minimum atomic E-state index is -0.384. The Morgan fingerprint density at radius 3 is 2.61 bits per heavy atom. The molecule has 1 N–H and O–H groups in total. The van der Waals surface area contributed by atoms with E-state index >= 15 is 0 Å². The van der Waals surface area contributed by atoms with Gasteiger partial charge in [-0.05, 0) is 43.7 Å². The lowest BCUT2D eigenvalue weighted by atomic mass is 10.00. The predicted octanol–water partition coefficient (Wildman–Crippen LogP) is 2.24. The monoisotopic (exact) mass is 402 g/mol. The van der Waals surface area contributed by atoms with Crippen LogP contribution in [0, 0.1) is 5.92 Å². The molecule has 0 atom stereocenters. The molecule has 2 fully saturated rings. The highest BCUT2D eigenvalue weighted by atomic mass is 32.2. The number of carbonyl (C=O) groups excluding carboxylic acids is 2. The Hall–Kier alpha value is -2.29. The fourth-order valence-electron chi connectivity index (χ4n) is 3.50. The van der Waals surface area contributed by atoms with E-state index in [0.29, 0.717) is 11.7 Å². The molecule has 8 nitrogen and oxygen atoms in total. The van der Waals surface area contributed by atoms with Crippen molar-refractivity contribution in [3.63, 3.8) is 0 Å². The molecule has 2 aliphatic rings. The summed E-state index contributed by atoms with van der Waals surface area (Å²) in [7, 11) is 1.77. The third-order valence-electron chi connectivity index (χ3n) is 5.39. The van der Waals surface area contributed by atoms with Gasteiger partial charge in [0.2, 0.25) is 11.9 Å². The molecule has 2 aromatic rings. The highest BCUT2D eigenvalue weighted by Crippen LogP contribution is 2.41. The highest BCUT2D eigenvalue weighted by Gasteiger charge is 2.32. The van der Waals surface area contributed by atoms with Gasteiger partial charge in [0.15, 0.2) is 5.16 Å². The van der Waals surface area contributed by atoms with Gasteiger partial charge in [-0.15, -0.1) is 10.2 Å². The molecule has 1 aliphatic carbocycles. The van der Waals surface area contributed by atoms with E-state index in [0.717, 1.165) is 43.0 Å². The molecular weight excluding hydrogens is 376 g/mol. The van der Waals surface area contributed by atoms with Crippen molar-refractivity contribution in [1.29, 1.82) is 0 Å². The van der Waals surface area contributed by atoms with Crippen molar-refractivity contribution < 1.29 is 9.59 Å². The number of hydrogen-bond donors (Lipinski definition) is 1. The van der Waals surface area contributed by atoms with E-state index in [1.807, 2.05) is 0 Å². The summed E-state index contributed by atoms with van der Waals surface area (Å²) in [4.78, 5) is 26.7. The quantitative estimate of drug-likeness (QED) is 0.746. The van der Waals surface area contributed by atoms with Gasteiger partial charge >= 0.3 is 0 Å². The Morgan fingerprint density at radius 1 is 1.21 bits per heavy atom. The molecule has 1 saturated carbocycles. The lowest BCUT2D eigenvalue weighted by Gasteiger charge is -2.31. The summed E-state index contributed by atoms with van der Waals surface area (Å²) in [5.41, 5.74) is 0.459. The van der Waals surface area contributed by atoms with E-state index in [4.69, 9.17) is 0 Å². The van der Waals surface area contributed by atoms with Crippen LogP contribution in [0.2, 0.25) is 0 Å². The molecule has 2 amide bonds. The second kappa shape index (κ2) is 7.98. The minimum Gasteiger partial charge on any atom is -0.347 e. The van der Waals surface area contributed by atoms with Crippen molar-refractivity contribution in [2.75, 3.05) is 23.7 Å². The number of imide groups is 1. The number of aryl methyl sites for hydroxylation is 1. The molecule has 0 aromatic carbocycles. The van der Waals surface area contributed by atoms with Crippen molar-refractivity contribution >= 4 is 29.5 Å². The zero-order valence-corrected chi connectivity index (χ0v) is 17.1. The summed E-state index contributed by atoms with van der Waals surface area (Å²) in [6.45, 7) is 4.30. The van der Waals surface area contributed by atoms with Crippen LogP contribution in [0.4, 0.5) is 5.95 Å². The number of aromatic nitrogens is 4. The summed E-state index contributed by atoms with van der Waals surface area (Å²) < 4.78 is 3.87. The highest BCUT2D eigenvalue weighted by molar-refractivity contribution is 7.99. The van der Waals surface area contributed by atoms with Crippen molar-refractivity contribution in [1.82, 2.24) is 24.6 Å². The van der Waals surface area contributed by atoms with E-state index in [2.05, 4.69) is 31.9 Å². The lowest BCUT2D eigenvalue weighted by Crippen LogP contribution is -2.35. The van der Waals surface area contributed by atoms with Gasteiger partial charge in [0.05, 0.1) is 5.75 Å². The fourth-order valence-corrected chi connectivity index (χ4v) is 4.30. The molecule has 2 aromatic heterocycles. The molecule has 28 heavy (non-hydrogen) atoms. The number of rotatable bonds is 6. The number of anilines is 1. The van der Waals surface area contributed by atoms with Crippen LogP contribution in [0.25, 0.3) is 0 Å². The molecular formula is C19H26N6O2S. The van der Waals surface area contributed by atoms with Crippen molar-refractivity contribution in [3.8, 4) is 0 Å². The van der Waals surface area contributed by atoms with E-state index < -0.39 is 0 Å². The third-order valence-corrected chi connectivity index (χ3v) is 6.33. The van der Waals surface area contributed by atoms with E-state index in [1.165, 1.54) is 24.6 Å². The number of piperidine rings is 1. The summed E-state index contributed by atoms with van der Waals surface area (Å²) in [6.07, 6.45) is 6.37. The van der Waals surface area contributed by atoms with Crippen molar-refractivity contribution in [3.05, 3.63) is 24.0 Å². The fraction of sp³-hybridized carbons (Fsp3) is 0.579. The minimum absolute atomic E-state index is 0.137. The maximum Gasteiger partial charge on any atom is 0.274 e. The molecule has 9 heteroatoms. The van der Waals surface area contributed by atoms with Gasteiger partial charge in [0.25, 0.3) is 5.91 Å². The largest absolute Gasteiger partial charge is 0.347 e. The average Bonchev–Trinajstić information content (AvgIpc) is 3.27. The van der Waals surface area contributed by atoms with E-state index in [9.17, 15) is 9.59 Å². The van der Waals surface area contributed by atoms with Crippen LogP contribution in [0.1, 0.15) is 49.1 Å². The Balaban J connectivity index is 1.39. The normalized spacial score (nSPS) is 17.7. The van der Waals surface area contributed by atoms with Gasteiger partial charge in [-0.2, -0.15) is 0 Å². The maximum atomic E-state index is 12.2. The molecule has 0 radical (unpaired) electrons. The molecule has 1 aliphatic heterocycles. The van der Waals surface area contributed by atoms with Gasteiger partial charge in [0.1, 0.15) is 5.69 Å². The molecule has 4 rings (SSSR count). The van der Waals surface area contributed by atoms with Crippen LogP contribution in [0.3, 0.4) is 0 Å². The van der Waals surface area contributed by atoms with Gasteiger partial charge < -0.3 is 9.47 Å². The molecule has 1 saturated heterocycles. The summed E-state index contributed by atoms with van der Waals surface area (Å²) in [5, 5.41) is 12.0. The second-order valence-electron chi connectivity index (χ2n) is 7.72. The Kier molecular flexibility index (Phi) is 5.43. The van der Waals surface area contributed by atoms with E-state index in [-0.39, 0.29) is 17.6 Å². The van der Waals surface area contributed by atoms with Gasteiger partial charge in [-0.3, -0.25) is 19.5 Å². The number of hydrogen-bond acceptors (Lipinski definition) is 6. The first-order valence-corrected chi connectivity index (χ1v) is 10.8. The van der Waals surface area contributed by atoms with Crippen LogP contribution < -0.4 is 10.2 Å². The van der Waals surface area contributed by atoms with Gasteiger partial charge in [0, 0.05) is 32.4 Å². The van der Waals surface area contributed by atoms with E-state index in [1.54, 1.807) is 29.9 Å². The number of nitrogens with one attached hydrogen (secondary N) is 1. The third kappa shape index (κ3) is 4.09. The number of thioether (sulfide) groups is 1. The first kappa shape index (κ1) is 19.0. The van der Waals surface area contributed by atoms with Crippen LogP contribution >= 0.6 is 11.8 Å². The molecule has 0 spiro atoms. The first-order valence-electron chi connectivity index (χ1n) is 9.81.